The lowest BCUT2D eigenvalue weighted by atomic mass is 10.2. The average Bonchev–Trinajstić information content (AvgIpc) is 3.28. The quantitative estimate of drug-likeness (QED) is 0.647. The molecule has 3 aromatic rings. The van der Waals surface area contributed by atoms with Gasteiger partial charge in [0.15, 0.2) is 11.5 Å². The maximum Gasteiger partial charge on any atom is 0.267 e. The van der Waals surface area contributed by atoms with E-state index in [-0.39, 0.29) is 12.5 Å². The van der Waals surface area contributed by atoms with Gasteiger partial charge in [-0.3, -0.25) is 9.69 Å². The molecule has 5 rings (SSSR count). The molecule has 0 bridgehead atoms. The molecule has 2 aromatic carbocycles. The van der Waals surface area contributed by atoms with Gasteiger partial charge >= 0.3 is 0 Å². The highest BCUT2D eigenvalue weighted by atomic mass is 32.1. The largest absolute Gasteiger partial charge is 0.485 e. The summed E-state index contributed by atoms with van der Waals surface area (Å²) in [6.45, 7) is 4.12. The van der Waals surface area contributed by atoms with Crippen molar-refractivity contribution in [3.8, 4) is 22.8 Å². The maximum atomic E-state index is 12.9. The number of amides is 1. The van der Waals surface area contributed by atoms with E-state index in [1.807, 2.05) is 47.4 Å². The highest BCUT2D eigenvalue weighted by Gasteiger charge is 2.32. The number of rotatable bonds is 4. The summed E-state index contributed by atoms with van der Waals surface area (Å²) in [6, 6.07) is 17.7. The van der Waals surface area contributed by atoms with Gasteiger partial charge in [-0.25, -0.2) is 4.98 Å². The predicted molar refractivity (Wildman–Crippen MR) is 116 cm³/mol. The smallest absolute Gasteiger partial charge is 0.267 e. The second-order valence-electron chi connectivity index (χ2n) is 7.46. The molecule has 6 nitrogen and oxygen atoms in total. The van der Waals surface area contributed by atoms with Crippen molar-refractivity contribution in [2.75, 3.05) is 32.8 Å². The lowest BCUT2D eigenvalue weighted by Gasteiger charge is -2.36. The van der Waals surface area contributed by atoms with Crippen LogP contribution in [-0.4, -0.2) is 59.6 Å². The minimum Gasteiger partial charge on any atom is -0.485 e. The molecule has 0 saturated carbocycles. The van der Waals surface area contributed by atoms with Gasteiger partial charge in [0.2, 0.25) is 6.10 Å². The first-order valence-electron chi connectivity index (χ1n) is 10.2. The molecule has 154 valence electrons. The first-order valence-corrected chi connectivity index (χ1v) is 11.0. The zero-order chi connectivity index (χ0) is 20.3. The van der Waals surface area contributed by atoms with Crippen LogP contribution in [0.25, 0.3) is 11.3 Å². The van der Waals surface area contributed by atoms with Crippen molar-refractivity contribution in [2.24, 2.45) is 0 Å². The highest BCUT2D eigenvalue weighted by molar-refractivity contribution is 7.09. The van der Waals surface area contributed by atoms with Crippen LogP contribution in [0.2, 0.25) is 0 Å². The number of hydrogen-bond acceptors (Lipinski definition) is 6. The van der Waals surface area contributed by atoms with Crippen LogP contribution in [-0.2, 0) is 11.3 Å². The van der Waals surface area contributed by atoms with Gasteiger partial charge in [0.05, 0.1) is 12.2 Å². The van der Waals surface area contributed by atoms with Crippen LogP contribution in [0, 0.1) is 0 Å². The topological polar surface area (TPSA) is 54.9 Å². The molecule has 3 heterocycles. The molecular formula is C23H23N3O3S. The van der Waals surface area contributed by atoms with Gasteiger partial charge in [0, 0.05) is 37.1 Å². The third-order valence-electron chi connectivity index (χ3n) is 5.45. The van der Waals surface area contributed by atoms with Gasteiger partial charge in [-0.05, 0) is 12.1 Å². The Bertz CT molecular complexity index is 1020. The van der Waals surface area contributed by atoms with Gasteiger partial charge in [-0.15, -0.1) is 11.3 Å². The molecular weight excluding hydrogens is 398 g/mol. The number of aromatic nitrogens is 1. The van der Waals surface area contributed by atoms with E-state index < -0.39 is 6.10 Å². The Morgan fingerprint density at radius 3 is 2.53 bits per heavy atom. The predicted octanol–water partition coefficient (Wildman–Crippen LogP) is 3.29. The molecule has 2 aliphatic heterocycles. The highest BCUT2D eigenvalue weighted by Crippen LogP contribution is 2.31. The molecule has 0 N–H and O–H groups in total. The SMILES string of the molecule is O=C(C1COc2ccccc2O1)N1CCN(Cc2nc(-c3ccccc3)cs2)CC1. The van der Waals surface area contributed by atoms with Crippen LogP contribution in [0.15, 0.2) is 60.0 Å². The molecule has 1 aromatic heterocycles. The number of para-hydroxylation sites is 2. The Hall–Kier alpha value is -2.90. The van der Waals surface area contributed by atoms with Crippen LogP contribution < -0.4 is 9.47 Å². The number of thiazole rings is 1. The summed E-state index contributed by atoms with van der Waals surface area (Å²) in [7, 11) is 0. The van der Waals surface area contributed by atoms with Crippen molar-refractivity contribution < 1.29 is 14.3 Å². The maximum absolute atomic E-state index is 12.9. The lowest BCUT2D eigenvalue weighted by Crippen LogP contribution is -2.53. The van der Waals surface area contributed by atoms with Crippen molar-refractivity contribution >= 4 is 17.2 Å². The van der Waals surface area contributed by atoms with E-state index in [1.165, 1.54) is 0 Å². The number of benzene rings is 2. The van der Waals surface area contributed by atoms with Crippen LogP contribution in [0.1, 0.15) is 5.01 Å². The second-order valence-corrected chi connectivity index (χ2v) is 8.40. The zero-order valence-electron chi connectivity index (χ0n) is 16.6. The van der Waals surface area contributed by atoms with Gasteiger partial charge in [-0.2, -0.15) is 0 Å². The Morgan fingerprint density at radius 1 is 1.00 bits per heavy atom. The fraction of sp³-hybridized carbons (Fsp3) is 0.304. The van der Waals surface area contributed by atoms with E-state index in [0.29, 0.717) is 24.6 Å². The van der Waals surface area contributed by atoms with Crippen molar-refractivity contribution in [1.29, 1.82) is 0 Å². The minimum atomic E-state index is -0.571. The third kappa shape index (κ3) is 4.04. The lowest BCUT2D eigenvalue weighted by molar-refractivity contribution is -0.143. The average molecular weight is 422 g/mol. The standard InChI is InChI=1S/C23H23N3O3S/c27-23(21-15-28-19-8-4-5-9-20(19)29-21)26-12-10-25(11-13-26)14-22-24-18(16-30-22)17-6-2-1-3-7-17/h1-9,16,21H,10-15H2. The summed E-state index contributed by atoms with van der Waals surface area (Å²) in [5, 5.41) is 3.22. The molecule has 2 aliphatic rings. The van der Waals surface area contributed by atoms with Crippen LogP contribution in [0.4, 0.5) is 0 Å². The summed E-state index contributed by atoms with van der Waals surface area (Å²) >= 11 is 1.69. The number of piperazine rings is 1. The number of carbonyl (C=O) groups is 1. The number of ether oxygens (including phenoxy) is 2. The van der Waals surface area contributed by atoms with E-state index in [1.54, 1.807) is 11.3 Å². The van der Waals surface area contributed by atoms with Gasteiger partial charge in [0.25, 0.3) is 5.91 Å². The second kappa shape index (κ2) is 8.45. The minimum absolute atomic E-state index is 0.00441. The Kier molecular flexibility index (Phi) is 5.38. The molecule has 0 aliphatic carbocycles. The van der Waals surface area contributed by atoms with E-state index in [9.17, 15) is 4.79 Å². The van der Waals surface area contributed by atoms with Crippen molar-refractivity contribution in [3.63, 3.8) is 0 Å². The molecule has 0 radical (unpaired) electrons. The monoisotopic (exact) mass is 421 g/mol. The summed E-state index contributed by atoms with van der Waals surface area (Å²) in [5.41, 5.74) is 2.17. The summed E-state index contributed by atoms with van der Waals surface area (Å²) in [6.07, 6.45) is -0.571. The Labute approximate surface area is 179 Å². The number of hydrogen-bond donors (Lipinski definition) is 0. The van der Waals surface area contributed by atoms with E-state index >= 15 is 0 Å². The fourth-order valence-corrected chi connectivity index (χ4v) is 4.63. The van der Waals surface area contributed by atoms with Crippen LogP contribution >= 0.6 is 11.3 Å². The van der Waals surface area contributed by atoms with Crippen molar-refractivity contribution in [3.05, 3.63) is 65.0 Å². The summed E-state index contributed by atoms with van der Waals surface area (Å²) in [5.74, 6) is 1.34. The van der Waals surface area contributed by atoms with E-state index in [2.05, 4.69) is 22.4 Å². The molecule has 1 atom stereocenters. The first kappa shape index (κ1) is 19.1. The van der Waals surface area contributed by atoms with E-state index in [4.69, 9.17) is 14.5 Å². The Morgan fingerprint density at radius 2 is 1.73 bits per heavy atom. The van der Waals surface area contributed by atoms with Gasteiger partial charge < -0.3 is 14.4 Å². The fourth-order valence-electron chi connectivity index (χ4n) is 3.79. The molecule has 1 fully saturated rings. The van der Waals surface area contributed by atoms with Crippen LogP contribution in [0.5, 0.6) is 11.5 Å². The van der Waals surface area contributed by atoms with Crippen molar-refractivity contribution in [2.45, 2.75) is 12.6 Å². The zero-order valence-corrected chi connectivity index (χ0v) is 17.4. The first-order chi connectivity index (χ1) is 14.8. The molecule has 1 saturated heterocycles. The molecule has 1 unspecified atom stereocenters. The number of carbonyl (C=O) groups excluding carboxylic acids is 1. The molecule has 0 spiro atoms. The van der Waals surface area contributed by atoms with Gasteiger partial charge in [-0.1, -0.05) is 42.5 Å². The molecule has 1 amide bonds. The van der Waals surface area contributed by atoms with Crippen molar-refractivity contribution in [1.82, 2.24) is 14.8 Å². The summed E-state index contributed by atoms with van der Waals surface area (Å²) in [4.78, 5) is 21.9. The number of nitrogens with zero attached hydrogens (tertiary/aromatic N) is 3. The number of fused-ring (bicyclic) bond motifs is 1. The normalized spacial score (nSPS) is 18.9. The third-order valence-corrected chi connectivity index (χ3v) is 6.28. The van der Waals surface area contributed by atoms with E-state index in [0.717, 1.165) is 35.9 Å². The van der Waals surface area contributed by atoms with Crippen LogP contribution in [0.3, 0.4) is 0 Å². The van der Waals surface area contributed by atoms with Gasteiger partial charge in [0.1, 0.15) is 11.6 Å². The molecule has 30 heavy (non-hydrogen) atoms. The molecule has 7 heteroatoms. The Balaban J connectivity index is 1.14. The summed E-state index contributed by atoms with van der Waals surface area (Å²) < 4.78 is 11.6.